The Bertz CT molecular complexity index is 867. The van der Waals surface area contributed by atoms with Crippen LogP contribution in [0.15, 0.2) is 23.8 Å². The molecule has 9 heteroatoms. The van der Waals surface area contributed by atoms with Gasteiger partial charge in [0.1, 0.15) is 18.0 Å². The molecule has 1 atom stereocenters. The summed E-state index contributed by atoms with van der Waals surface area (Å²) < 4.78 is 41.2. The number of rotatable bonds is 5. The quantitative estimate of drug-likeness (QED) is 0.664. The lowest BCUT2D eigenvalue weighted by molar-refractivity contribution is -0.117. The fraction of sp³-hybridized carbons (Fsp3) is 0.471. The van der Waals surface area contributed by atoms with Crippen LogP contribution < -0.4 is 14.3 Å². The second-order valence-electron chi connectivity index (χ2n) is 7.06. The molecular formula is C17H22FN3O4S. The van der Waals surface area contributed by atoms with Crippen molar-refractivity contribution in [3.05, 3.63) is 35.2 Å². The molecule has 26 heavy (non-hydrogen) atoms. The average Bonchev–Trinajstić information content (AvgIpc) is 3.05. The van der Waals surface area contributed by atoms with E-state index >= 15 is 0 Å². The first-order valence-electron chi connectivity index (χ1n) is 8.44. The Morgan fingerprint density at radius 3 is 2.73 bits per heavy atom. The summed E-state index contributed by atoms with van der Waals surface area (Å²) >= 11 is 0. The third-order valence-electron chi connectivity index (χ3n) is 4.42. The number of halogens is 1. The predicted octanol–water partition coefficient (Wildman–Crippen LogP) is 1.20. The molecule has 0 unspecified atom stereocenters. The highest BCUT2D eigenvalue weighted by Crippen LogP contribution is 2.36. The van der Waals surface area contributed by atoms with Crippen molar-refractivity contribution >= 4 is 21.8 Å². The SMILES string of the molecule is CC(C)C[C@H]1C=C(Cc2ccc(O)c(N3CC(=O)NS3(=O)=O)c2F)CN1. The van der Waals surface area contributed by atoms with E-state index in [-0.39, 0.29) is 11.6 Å². The van der Waals surface area contributed by atoms with E-state index in [0.29, 0.717) is 23.2 Å². The van der Waals surface area contributed by atoms with Crippen molar-refractivity contribution in [3.63, 3.8) is 0 Å². The molecule has 1 saturated heterocycles. The molecule has 0 saturated carbocycles. The zero-order chi connectivity index (χ0) is 19.1. The second-order valence-corrected chi connectivity index (χ2v) is 8.66. The van der Waals surface area contributed by atoms with Gasteiger partial charge >= 0.3 is 10.2 Å². The van der Waals surface area contributed by atoms with Crippen LogP contribution in [0.1, 0.15) is 25.8 Å². The van der Waals surface area contributed by atoms with Crippen LogP contribution in [0.3, 0.4) is 0 Å². The molecule has 2 aliphatic rings. The van der Waals surface area contributed by atoms with Gasteiger partial charge < -0.3 is 10.4 Å². The number of carbonyl (C=O) groups is 1. The van der Waals surface area contributed by atoms with Crippen molar-refractivity contribution in [2.75, 3.05) is 17.4 Å². The maximum absolute atomic E-state index is 15.0. The fourth-order valence-electron chi connectivity index (χ4n) is 3.31. The van der Waals surface area contributed by atoms with Crippen LogP contribution in [0.5, 0.6) is 5.75 Å². The van der Waals surface area contributed by atoms with Crippen LogP contribution >= 0.6 is 0 Å². The minimum atomic E-state index is -4.19. The minimum Gasteiger partial charge on any atom is -0.506 e. The smallest absolute Gasteiger partial charge is 0.326 e. The van der Waals surface area contributed by atoms with E-state index in [4.69, 9.17) is 0 Å². The van der Waals surface area contributed by atoms with Gasteiger partial charge in [-0.1, -0.05) is 31.6 Å². The van der Waals surface area contributed by atoms with Gasteiger partial charge in [-0.2, -0.15) is 8.42 Å². The number of nitrogens with zero attached hydrogens (tertiary/aromatic N) is 1. The summed E-state index contributed by atoms with van der Waals surface area (Å²) in [6.07, 6.45) is 3.35. The third kappa shape index (κ3) is 3.68. The number of hydrogen-bond acceptors (Lipinski definition) is 5. The highest BCUT2D eigenvalue weighted by atomic mass is 32.2. The summed E-state index contributed by atoms with van der Waals surface area (Å²) in [6.45, 7) is 4.34. The van der Waals surface area contributed by atoms with Gasteiger partial charge in [0.05, 0.1) is 0 Å². The number of aromatic hydroxyl groups is 1. The lowest BCUT2D eigenvalue weighted by Crippen LogP contribution is -2.30. The van der Waals surface area contributed by atoms with Crippen molar-refractivity contribution in [2.45, 2.75) is 32.7 Å². The zero-order valence-corrected chi connectivity index (χ0v) is 15.4. The number of anilines is 1. The van der Waals surface area contributed by atoms with Gasteiger partial charge in [0.25, 0.3) is 5.91 Å². The van der Waals surface area contributed by atoms with Crippen molar-refractivity contribution in [1.82, 2.24) is 10.0 Å². The van der Waals surface area contributed by atoms with Crippen molar-refractivity contribution in [2.24, 2.45) is 5.92 Å². The van der Waals surface area contributed by atoms with E-state index in [1.807, 2.05) is 0 Å². The van der Waals surface area contributed by atoms with Crippen LogP contribution in [0, 0.1) is 11.7 Å². The summed E-state index contributed by atoms with van der Waals surface area (Å²) in [5.41, 5.74) is 0.779. The number of carbonyl (C=O) groups excluding carboxylic acids is 1. The van der Waals surface area contributed by atoms with Crippen LogP contribution in [0.2, 0.25) is 0 Å². The van der Waals surface area contributed by atoms with E-state index in [1.54, 1.807) is 4.72 Å². The van der Waals surface area contributed by atoms with Gasteiger partial charge in [-0.25, -0.2) is 13.4 Å². The zero-order valence-electron chi connectivity index (χ0n) is 14.6. The number of phenolic OH excluding ortho intramolecular Hbond substituents is 1. The van der Waals surface area contributed by atoms with E-state index in [0.717, 1.165) is 12.0 Å². The Morgan fingerprint density at radius 2 is 2.12 bits per heavy atom. The minimum absolute atomic E-state index is 0.241. The Balaban J connectivity index is 1.88. The molecular weight excluding hydrogens is 361 g/mol. The van der Waals surface area contributed by atoms with Crippen molar-refractivity contribution in [1.29, 1.82) is 0 Å². The van der Waals surface area contributed by atoms with Crippen LogP contribution in [0.4, 0.5) is 10.1 Å². The van der Waals surface area contributed by atoms with Gasteiger partial charge in [0.2, 0.25) is 0 Å². The van der Waals surface area contributed by atoms with E-state index in [1.165, 1.54) is 12.1 Å². The number of nitrogens with one attached hydrogen (secondary N) is 2. The first-order chi connectivity index (χ1) is 12.2. The monoisotopic (exact) mass is 383 g/mol. The molecule has 1 amide bonds. The van der Waals surface area contributed by atoms with E-state index in [2.05, 4.69) is 25.2 Å². The Labute approximate surface area is 152 Å². The third-order valence-corrected chi connectivity index (χ3v) is 5.79. The van der Waals surface area contributed by atoms with Gasteiger partial charge in [-0.3, -0.25) is 4.79 Å². The molecule has 0 aliphatic carbocycles. The number of phenols is 1. The van der Waals surface area contributed by atoms with Crippen molar-refractivity contribution in [3.8, 4) is 5.75 Å². The Hall–Kier alpha value is -2.13. The number of amides is 1. The molecule has 3 N–H and O–H groups in total. The largest absolute Gasteiger partial charge is 0.506 e. The molecule has 0 spiro atoms. The second kappa shape index (κ2) is 6.88. The molecule has 0 aromatic heterocycles. The molecule has 2 heterocycles. The molecule has 0 radical (unpaired) electrons. The normalized spacial score (nSPS) is 22.0. The lowest BCUT2D eigenvalue weighted by Gasteiger charge is -2.18. The summed E-state index contributed by atoms with van der Waals surface area (Å²) in [5, 5.41) is 13.3. The number of hydrogen-bond donors (Lipinski definition) is 3. The summed E-state index contributed by atoms with van der Waals surface area (Å²) in [5.74, 6) is -1.60. The van der Waals surface area contributed by atoms with Gasteiger partial charge in [-0.15, -0.1) is 0 Å². The topological polar surface area (TPSA) is 98.7 Å². The fourth-order valence-corrected chi connectivity index (χ4v) is 4.47. The Morgan fingerprint density at radius 1 is 1.38 bits per heavy atom. The van der Waals surface area contributed by atoms with Gasteiger partial charge in [-0.05, 0) is 30.4 Å². The molecule has 0 bridgehead atoms. The van der Waals surface area contributed by atoms with Crippen molar-refractivity contribution < 1.29 is 22.7 Å². The maximum Gasteiger partial charge on any atom is 0.326 e. The highest BCUT2D eigenvalue weighted by molar-refractivity contribution is 7.92. The standard InChI is InChI=1S/C17H22FN3O4S/c1-10(2)5-13-7-11(8-19-13)6-12-3-4-14(22)17(16(12)18)21-9-15(23)20-26(21,24)25/h3-4,7,10,13,19,22H,5-6,8-9H2,1-2H3,(H,20,23)/t13-/m0/s1. The first kappa shape index (κ1) is 18.7. The molecule has 142 valence electrons. The van der Waals surface area contributed by atoms with Gasteiger partial charge in [0.15, 0.2) is 5.82 Å². The molecule has 3 rings (SSSR count). The van der Waals surface area contributed by atoms with E-state index in [9.17, 15) is 22.7 Å². The summed E-state index contributed by atoms with van der Waals surface area (Å²) in [4.78, 5) is 11.4. The molecule has 7 nitrogen and oxygen atoms in total. The summed E-state index contributed by atoms with van der Waals surface area (Å²) in [6, 6.07) is 2.92. The Kier molecular flexibility index (Phi) is 4.94. The van der Waals surface area contributed by atoms with Crippen LogP contribution in [0.25, 0.3) is 0 Å². The average molecular weight is 383 g/mol. The molecule has 1 aromatic carbocycles. The molecule has 2 aliphatic heterocycles. The van der Waals surface area contributed by atoms with Gasteiger partial charge in [0, 0.05) is 12.6 Å². The van der Waals surface area contributed by atoms with Crippen LogP contribution in [-0.2, 0) is 21.4 Å². The maximum atomic E-state index is 15.0. The highest BCUT2D eigenvalue weighted by Gasteiger charge is 2.37. The first-order valence-corrected chi connectivity index (χ1v) is 9.88. The summed E-state index contributed by atoms with van der Waals surface area (Å²) in [7, 11) is -4.19. The lowest BCUT2D eigenvalue weighted by atomic mass is 10.0. The molecule has 1 aromatic rings. The van der Waals surface area contributed by atoms with Crippen LogP contribution in [-0.4, -0.2) is 38.6 Å². The van der Waals surface area contributed by atoms with E-state index < -0.39 is 39.9 Å². The number of benzene rings is 1. The predicted molar refractivity (Wildman–Crippen MR) is 95.5 cm³/mol. The molecule has 1 fully saturated rings.